The molecule has 1 aromatic heterocycles. The zero-order chi connectivity index (χ0) is 15.8. The van der Waals surface area contributed by atoms with E-state index in [0.717, 1.165) is 28.2 Å². The highest BCUT2D eigenvalue weighted by molar-refractivity contribution is 7.10. The first-order valence-electron chi connectivity index (χ1n) is 7.09. The third-order valence-corrected chi connectivity index (χ3v) is 4.55. The van der Waals surface area contributed by atoms with Crippen LogP contribution in [0.15, 0.2) is 64.4 Å². The van der Waals surface area contributed by atoms with Gasteiger partial charge in [-0.2, -0.15) is 0 Å². The molecule has 3 aromatic rings. The number of benzene rings is 2. The number of thiazole rings is 1. The van der Waals surface area contributed by atoms with Crippen molar-refractivity contribution in [2.24, 2.45) is 4.99 Å². The zero-order valence-electron chi connectivity index (χ0n) is 12.0. The summed E-state index contributed by atoms with van der Waals surface area (Å²) in [5.74, 6) is -0.0449. The van der Waals surface area contributed by atoms with Crippen LogP contribution in [-0.4, -0.2) is 15.9 Å². The Hall–Kier alpha value is -2.92. The molecule has 2 heterocycles. The number of hydrogen-bond acceptors (Lipinski definition) is 4. The average Bonchev–Trinajstić information content (AvgIpc) is 3.10. The van der Waals surface area contributed by atoms with E-state index in [2.05, 4.69) is 4.99 Å². The molecule has 0 saturated heterocycles. The van der Waals surface area contributed by atoms with Crippen LogP contribution in [0.2, 0.25) is 0 Å². The highest BCUT2D eigenvalue weighted by atomic mass is 32.1. The molecule has 0 fully saturated rings. The number of nitrogens with zero attached hydrogens (tertiary/aromatic N) is 2. The summed E-state index contributed by atoms with van der Waals surface area (Å²) in [6.07, 6.45) is 3.55. The minimum Gasteiger partial charge on any atom is -0.493 e. The minimum atomic E-state index is -0.219. The predicted octanol–water partition coefficient (Wildman–Crippen LogP) is 3.86. The van der Waals surface area contributed by atoms with Crippen molar-refractivity contribution in [1.29, 1.82) is 0 Å². The normalized spacial score (nSPS) is 14.3. The monoisotopic (exact) mass is 320 g/mol. The first-order valence-corrected chi connectivity index (χ1v) is 7.91. The van der Waals surface area contributed by atoms with Gasteiger partial charge >= 0.3 is 4.87 Å². The van der Waals surface area contributed by atoms with Gasteiger partial charge < -0.3 is 5.11 Å². The van der Waals surface area contributed by atoms with Gasteiger partial charge in [0.2, 0.25) is 5.88 Å². The molecule has 0 amide bonds. The third kappa shape index (κ3) is 2.31. The highest BCUT2D eigenvalue weighted by Crippen LogP contribution is 2.34. The molecule has 0 saturated carbocycles. The summed E-state index contributed by atoms with van der Waals surface area (Å²) in [4.78, 5) is 16.9. The number of hydrogen-bond donors (Lipinski definition) is 1. The van der Waals surface area contributed by atoms with Crippen LogP contribution in [0, 0.1) is 0 Å². The molecule has 1 aliphatic heterocycles. The Morgan fingerprint density at radius 1 is 1.04 bits per heavy atom. The van der Waals surface area contributed by atoms with Crippen LogP contribution >= 0.6 is 11.3 Å². The number of fused-ring (bicyclic) bond motifs is 1. The van der Waals surface area contributed by atoms with Gasteiger partial charge in [-0.25, -0.2) is 4.57 Å². The lowest BCUT2D eigenvalue weighted by Crippen LogP contribution is -2.09. The van der Waals surface area contributed by atoms with Gasteiger partial charge in [-0.05, 0) is 24.3 Å². The molecule has 0 aliphatic carbocycles. The van der Waals surface area contributed by atoms with Crippen LogP contribution in [0.4, 0.5) is 5.69 Å². The Bertz CT molecular complexity index is 997. The molecule has 0 unspecified atom stereocenters. The standard InChI is InChI=1S/C18H12N2O2S/c21-17-16(10-12-11-19-15-9-5-4-8-14(12)15)23-18(22)20(17)13-6-2-1-3-7-13/h1-11,21H/b12-10-. The van der Waals surface area contributed by atoms with Crippen molar-refractivity contribution in [3.63, 3.8) is 0 Å². The molecule has 1 N–H and O–H groups in total. The summed E-state index contributed by atoms with van der Waals surface area (Å²) >= 11 is 1.02. The maximum absolute atomic E-state index is 12.2. The molecule has 0 atom stereocenters. The second kappa shape index (κ2) is 5.37. The van der Waals surface area contributed by atoms with Crippen molar-refractivity contribution in [2.75, 3.05) is 0 Å². The summed E-state index contributed by atoms with van der Waals surface area (Å²) < 4.78 is 1.31. The van der Waals surface area contributed by atoms with Gasteiger partial charge in [-0.1, -0.05) is 47.7 Å². The smallest absolute Gasteiger partial charge is 0.315 e. The van der Waals surface area contributed by atoms with Crippen molar-refractivity contribution in [3.05, 3.63) is 74.7 Å². The van der Waals surface area contributed by atoms with Gasteiger partial charge in [-0.3, -0.25) is 9.79 Å². The Kier molecular flexibility index (Phi) is 3.20. The zero-order valence-corrected chi connectivity index (χ0v) is 12.8. The number of allylic oxidation sites excluding steroid dienone is 1. The fourth-order valence-corrected chi connectivity index (χ4v) is 3.42. The average molecular weight is 320 g/mol. The first-order chi connectivity index (χ1) is 11.2. The fraction of sp³-hybridized carbons (Fsp3) is 0. The van der Waals surface area contributed by atoms with Crippen LogP contribution in [0.1, 0.15) is 10.4 Å². The van der Waals surface area contributed by atoms with Crippen LogP contribution < -0.4 is 4.87 Å². The molecular formula is C18H12N2O2S. The molecule has 0 spiro atoms. The van der Waals surface area contributed by atoms with Gasteiger partial charge in [0.25, 0.3) is 0 Å². The topological polar surface area (TPSA) is 54.6 Å². The maximum atomic E-state index is 12.2. The Labute approximate surface area is 136 Å². The Balaban J connectivity index is 1.83. The second-order valence-electron chi connectivity index (χ2n) is 5.10. The van der Waals surface area contributed by atoms with Crippen molar-refractivity contribution in [3.8, 4) is 11.6 Å². The summed E-state index contributed by atoms with van der Waals surface area (Å²) in [6.45, 7) is 0. The van der Waals surface area contributed by atoms with Gasteiger partial charge in [0.1, 0.15) is 0 Å². The van der Waals surface area contributed by atoms with E-state index in [9.17, 15) is 9.90 Å². The molecule has 0 bridgehead atoms. The van der Waals surface area contributed by atoms with Crippen molar-refractivity contribution in [1.82, 2.24) is 4.57 Å². The molecule has 112 valence electrons. The van der Waals surface area contributed by atoms with Crippen LogP contribution in [0.25, 0.3) is 17.3 Å². The fourth-order valence-electron chi connectivity index (χ4n) is 2.58. The summed E-state index contributed by atoms with van der Waals surface area (Å²) in [7, 11) is 0. The number of aromatic nitrogens is 1. The lowest BCUT2D eigenvalue weighted by Gasteiger charge is -2.03. The SMILES string of the molecule is O=c1sc(/C=C2/C=Nc3ccccc32)c(O)n1-c1ccccc1. The van der Waals surface area contributed by atoms with Crippen molar-refractivity contribution >= 4 is 34.9 Å². The molecule has 2 aromatic carbocycles. The molecule has 5 heteroatoms. The Morgan fingerprint density at radius 3 is 2.61 bits per heavy atom. The van der Waals surface area contributed by atoms with Gasteiger partial charge in [0.05, 0.1) is 16.3 Å². The van der Waals surface area contributed by atoms with Gasteiger partial charge in [0.15, 0.2) is 0 Å². The molecule has 0 radical (unpaired) electrons. The van der Waals surface area contributed by atoms with Crippen molar-refractivity contribution < 1.29 is 5.11 Å². The molecule has 4 rings (SSSR count). The summed E-state index contributed by atoms with van der Waals surface area (Å²) in [6, 6.07) is 16.9. The van der Waals surface area contributed by atoms with Crippen LogP contribution in [0.3, 0.4) is 0 Å². The minimum absolute atomic E-state index is 0.0449. The number of aliphatic imine (C=N–C) groups is 1. The second-order valence-corrected chi connectivity index (χ2v) is 6.10. The van der Waals surface area contributed by atoms with E-state index in [0.29, 0.717) is 10.6 Å². The van der Waals surface area contributed by atoms with E-state index in [1.54, 1.807) is 24.4 Å². The summed E-state index contributed by atoms with van der Waals surface area (Å²) in [5, 5.41) is 10.5. The van der Waals surface area contributed by atoms with E-state index in [-0.39, 0.29) is 10.8 Å². The molecule has 23 heavy (non-hydrogen) atoms. The quantitative estimate of drug-likeness (QED) is 0.779. The molecule has 4 nitrogen and oxygen atoms in total. The number of rotatable bonds is 2. The lowest BCUT2D eigenvalue weighted by atomic mass is 10.1. The largest absolute Gasteiger partial charge is 0.493 e. The van der Waals surface area contributed by atoms with Crippen molar-refractivity contribution in [2.45, 2.75) is 0 Å². The summed E-state index contributed by atoms with van der Waals surface area (Å²) in [5.41, 5.74) is 3.43. The van der Waals surface area contributed by atoms with Crippen LogP contribution in [-0.2, 0) is 0 Å². The van der Waals surface area contributed by atoms with E-state index >= 15 is 0 Å². The van der Waals surface area contributed by atoms with E-state index in [4.69, 9.17) is 0 Å². The van der Waals surface area contributed by atoms with Gasteiger partial charge in [-0.15, -0.1) is 0 Å². The number of para-hydroxylation sites is 2. The third-order valence-electron chi connectivity index (χ3n) is 3.67. The van der Waals surface area contributed by atoms with Gasteiger partial charge in [0, 0.05) is 17.4 Å². The first kappa shape index (κ1) is 13.7. The van der Waals surface area contributed by atoms with E-state index in [1.165, 1.54) is 4.57 Å². The molecule has 1 aliphatic rings. The predicted molar refractivity (Wildman–Crippen MR) is 94.0 cm³/mol. The lowest BCUT2D eigenvalue weighted by molar-refractivity contribution is 0.440. The van der Waals surface area contributed by atoms with E-state index < -0.39 is 0 Å². The Morgan fingerprint density at radius 2 is 1.78 bits per heavy atom. The maximum Gasteiger partial charge on any atom is 0.315 e. The molecular weight excluding hydrogens is 308 g/mol. The van der Waals surface area contributed by atoms with E-state index in [1.807, 2.05) is 42.5 Å². The number of aromatic hydroxyl groups is 1. The highest BCUT2D eigenvalue weighted by Gasteiger charge is 2.17. The van der Waals surface area contributed by atoms with Crippen LogP contribution in [0.5, 0.6) is 5.88 Å².